The van der Waals surface area contributed by atoms with Gasteiger partial charge >= 0.3 is 5.97 Å². The van der Waals surface area contributed by atoms with Crippen LogP contribution in [0.1, 0.15) is 29.3 Å². The predicted octanol–water partition coefficient (Wildman–Crippen LogP) is 4.10. The van der Waals surface area contributed by atoms with E-state index in [2.05, 4.69) is 5.32 Å². The maximum Gasteiger partial charge on any atom is 0.341 e. The molecule has 0 radical (unpaired) electrons. The van der Waals surface area contributed by atoms with E-state index in [9.17, 15) is 9.59 Å². The predicted molar refractivity (Wildman–Crippen MR) is 97.4 cm³/mol. The van der Waals surface area contributed by atoms with Gasteiger partial charge in [-0.05, 0) is 25.0 Å². The van der Waals surface area contributed by atoms with Crippen LogP contribution in [-0.4, -0.2) is 25.6 Å². The number of esters is 1. The lowest BCUT2D eigenvalue weighted by Gasteiger charge is -2.13. The van der Waals surface area contributed by atoms with E-state index >= 15 is 0 Å². The lowest BCUT2D eigenvalue weighted by molar-refractivity contribution is -0.116. The van der Waals surface area contributed by atoms with Crippen LogP contribution in [0, 0.1) is 0 Å². The monoisotopic (exact) mass is 361 g/mol. The summed E-state index contributed by atoms with van der Waals surface area (Å²) in [5.74, 6) is -0.402. The molecule has 0 unspecified atom stereocenters. The van der Waals surface area contributed by atoms with Gasteiger partial charge in [-0.25, -0.2) is 4.79 Å². The van der Waals surface area contributed by atoms with Gasteiger partial charge in [0.2, 0.25) is 5.91 Å². The Hall–Kier alpha value is -2.53. The standard InChI is InChI=1S/C19H20ClNO4/c1-3-25-19(23)14-11-15(20)16(12-17(14)24-2)21-18(22)10-9-13-7-5-4-6-8-13/h4-8,11-12H,3,9-10H2,1-2H3,(H,21,22). The van der Waals surface area contributed by atoms with Crippen molar-refractivity contribution in [1.82, 2.24) is 0 Å². The van der Waals surface area contributed by atoms with Gasteiger partial charge < -0.3 is 14.8 Å². The molecule has 0 aliphatic rings. The van der Waals surface area contributed by atoms with Gasteiger partial charge in [-0.2, -0.15) is 0 Å². The maximum absolute atomic E-state index is 12.2. The van der Waals surface area contributed by atoms with Gasteiger partial charge in [0.15, 0.2) is 0 Å². The minimum absolute atomic E-state index is 0.170. The van der Waals surface area contributed by atoms with E-state index in [1.165, 1.54) is 19.2 Å². The molecule has 0 saturated carbocycles. The van der Waals surface area contributed by atoms with Crippen LogP contribution in [0.3, 0.4) is 0 Å². The molecular weight excluding hydrogens is 342 g/mol. The first-order valence-corrected chi connectivity index (χ1v) is 8.31. The highest BCUT2D eigenvalue weighted by Crippen LogP contribution is 2.31. The van der Waals surface area contributed by atoms with Crippen molar-refractivity contribution in [3.8, 4) is 5.75 Å². The Kier molecular flexibility index (Phi) is 6.83. The van der Waals surface area contributed by atoms with Crippen molar-refractivity contribution in [2.75, 3.05) is 19.0 Å². The quantitative estimate of drug-likeness (QED) is 0.754. The van der Waals surface area contributed by atoms with Gasteiger partial charge in [-0.3, -0.25) is 4.79 Å². The second-order valence-electron chi connectivity index (χ2n) is 5.29. The molecule has 0 aliphatic carbocycles. The third kappa shape index (κ3) is 5.22. The molecule has 2 aromatic carbocycles. The van der Waals surface area contributed by atoms with E-state index in [-0.39, 0.29) is 23.1 Å². The molecule has 0 atom stereocenters. The van der Waals surface area contributed by atoms with Crippen LogP contribution in [0.15, 0.2) is 42.5 Å². The lowest BCUT2D eigenvalue weighted by atomic mass is 10.1. The first kappa shape index (κ1) is 18.8. The summed E-state index contributed by atoms with van der Waals surface area (Å²) in [5.41, 5.74) is 1.69. The Bertz CT molecular complexity index is 747. The number of carbonyl (C=O) groups excluding carboxylic acids is 2. The molecule has 0 bridgehead atoms. The van der Waals surface area contributed by atoms with E-state index in [1.807, 2.05) is 30.3 Å². The van der Waals surface area contributed by atoms with Crippen molar-refractivity contribution in [3.63, 3.8) is 0 Å². The van der Waals surface area contributed by atoms with Crippen LogP contribution in [-0.2, 0) is 16.0 Å². The number of ether oxygens (including phenoxy) is 2. The summed E-state index contributed by atoms with van der Waals surface area (Å²) in [6, 6.07) is 12.7. The molecule has 0 heterocycles. The van der Waals surface area contributed by atoms with Gasteiger partial charge in [0.25, 0.3) is 0 Å². The summed E-state index contributed by atoms with van der Waals surface area (Å²) in [6.45, 7) is 1.96. The molecule has 1 amide bonds. The molecule has 0 aromatic heterocycles. The van der Waals surface area contributed by atoms with Crippen LogP contribution in [0.4, 0.5) is 5.69 Å². The Labute approximate surface area is 151 Å². The van der Waals surface area contributed by atoms with Gasteiger partial charge in [0.1, 0.15) is 11.3 Å². The van der Waals surface area contributed by atoms with Crippen molar-refractivity contribution in [1.29, 1.82) is 0 Å². The zero-order chi connectivity index (χ0) is 18.2. The number of hydrogen-bond donors (Lipinski definition) is 1. The van der Waals surface area contributed by atoms with Crippen molar-refractivity contribution < 1.29 is 19.1 Å². The minimum atomic E-state index is -0.525. The normalized spacial score (nSPS) is 10.2. The molecule has 25 heavy (non-hydrogen) atoms. The minimum Gasteiger partial charge on any atom is -0.496 e. The first-order chi connectivity index (χ1) is 12.0. The number of nitrogens with one attached hydrogen (secondary N) is 1. The van der Waals surface area contributed by atoms with Gasteiger partial charge in [-0.15, -0.1) is 0 Å². The highest BCUT2D eigenvalue weighted by Gasteiger charge is 2.18. The summed E-state index contributed by atoms with van der Waals surface area (Å²) in [7, 11) is 1.44. The smallest absolute Gasteiger partial charge is 0.341 e. The van der Waals surface area contributed by atoms with E-state index in [1.54, 1.807) is 6.92 Å². The van der Waals surface area contributed by atoms with Crippen molar-refractivity contribution >= 4 is 29.2 Å². The molecular formula is C19H20ClNO4. The zero-order valence-electron chi connectivity index (χ0n) is 14.2. The summed E-state index contributed by atoms with van der Waals surface area (Å²) in [5, 5.41) is 3.00. The molecule has 0 aliphatic heterocycles. The number of amides is 1. The number of methoxy groups -OCH3 is 1. The van der Waals surface area contributed by atoms with Crippen LogP contribution in [0.5, 0.6) is 5.75 Å². The summed E-state index contributed by atoms with van der Waals surface area (Å²) in [4.78, 5) is 24.1. The third-order valence-electron chi connectivity index (χ3n) is 3.54. The van der Waals surface area contributed by atoms with E-state index in [0.717, 1.165) is 5.56 Å². The van der Waals surface area contributed by atoms with Crippen molar-refractivity contribution in [2.24, 2.45) is 0 Å². The van der Waals surface area contributed by atoms with Crippen molar-refractivity contribution in [3.05, 3.63) is 58.6 Å². The van der Waals surface area contributed by atoms with Crippen LogP contribution in [0.25, 0.3) is 0 Å². The largest absolute Gasteiger partial charge is 0.496 e. The highest BCUT2D eigenvalue weighted by molar-refractivity contribution is 6.34. The van der Waals surface area contributed by atoms with E-state index in [4.69, 9.17) is 21.1 Å². The molecule has 2 aromatic rings. The number of benzene rings is 2. The molecule has 0 fully saturated rings. The molecule has 6 heteroatoms. The Morgan fingerprint density at radius 2 is 1.88 bits per heavy atom. The number of aryl methyl sites for hydroxylation is 1. The van der Waals surface area contributed by atoms with Gasteiger partial charge in [-0.1, -0.05) is 41.9 Å². The summed E-state index contributed by atoms with van der Waals surface area (Å²) in [6.07, 6.45) is 0.949. The number of halogens is 1. The molecule has 132 valence electrons. The average Bonchev–Trinajstić information content (AvgIpc) is 2.62. The SMILES string of the molecule is CCOC(=O)c1cc(Cl)c(NC(=O)CCc2ccccc2)cc1OC. The molecule has 0 saturated heterocycles. The fourth-order valence-corrected chi connectivity index (χ4v) is 2.51. The zero-order valence-corrected chi connectivity index (χ0v) is 14.9. The number of rotatable bonds is 7. The van der Waals surface area contributed by atoms with Gasteiger partial charge in [0.05, 0.1) is 24.4 Å². The van der Waals surface area contributed by atoms with Gasteiger partial charge in [0, 0.05) is 12.5 Å². The average molecular weight is 362 g/mol. The Morgan fingerprint density at radius 1 is 1.16 bits per heavy atom. The number of hydrogen-bond acceptors (Lipinski definition) is 4. The molecule has 5 nitrogen and oxygen atoms in total. The Morgan fingerprint density at radius 3 is 2.52 bits per heavy atom. The topological polar surface area (TPSA) is 64.6 Å². The van der Waals surface area contributed by atoms with Crippen molar-refractivity contribution in [2.45, 2.75) is 19.8 Å². The summed E-state index contributed by atoms with van der Waals surface area (Å²) >= 11 is 6.19. The Balaban J connectivity index is 2.08. The number of anilines is 1. The number of carbonyl (C=O) groups is 2. The van der Waals surface area contributed by atoms with E-state index in [0.29, 0.717) is 24.3 Å². The fourth-order valence-electron chi connectivity index (χ4n) is 2.30. The van der Waals surface area contributed by atoms with Crippen LogP contribution >= 0.6 is 11.6 Å². The summed E-state index contributed by atoms with van der Waals surface area (Å²) < 4.78 is 10.2. The third-order valence-corrected chi connectivity index (χ3v) is 3.85. The highest BCUT2D eigenvalue weighted by atomic mass is 35.5. The molecule has 2 rings (SSSR count). The second kappa shape index (κ2) is 9.08. The van der Waals surface area contributed by atoms with E-state index < -0.39 is 5.97 Å². The molecule has 1 N–H and O–H groups in total. The maximum atomic E-state index is 12.2. The fraction of sp³-hybridized carbons (Fsp3) is 0.263. The first-order valence-electron chi connectivity index (χ1n) is 7.93. The van der Waals surface area contributed by atoms with Crippen LogP contribution < -0.4 is 10.1 Å². The second-order valence-corrected chi connectivity index (χ2v) is 5.69. The lowest BCUT2D eigenvalue weighted by Crippen LogP contribution is -2.14. The molecule has 0 spiro atoms. The van der Waals surface area contributed by atoms with Crippen LogP contribution in [0.2, 0.25) is 5.02 Å².